The second-order valence-electron chi connectivity index (χ2n) is 7.23. The van der Waals surface area contributed by atoms with Gasteiger partial charge in [0.25, 0.3) is 10.0 Å². The number of amides is 1. The van der Waals surface area contributed by atoms with E-state index in [2.05, 4.69) is 11.4 Å². The van der Waals surface area contributed by atoms with E-state index in [1.807, 2.05) is 0 Å². The molecule has 1 aliphatic carbocycles. The molecule has 0 radical (unpaired) electrons. The average Bonchev–Trinajstić information content (AvgIpc) is 2.78. The number of hydrogen-bond acceptors (Lipinski definition) is 4. The summed E-state index contributed by atoms with van der Waals surface area (Å²) in [7, 11) is -2.40. The molecule has 6 nitrogen and oxygen atoms in total. The second kappa shape index (κ2) is 10.3. The molecule has 1 aliphatic rings. The van der Waals surface area contributed by atoms with Crippen LogP contribution in [0.2, 0.25) is 0 Å². The second-order valence-corrected chi connectivity index (χ2v) is 9.10. The fourth-order valence-corrected chi connectivity index (χ4v) is 4.91. The molecule has 7 heteroatoms. The van der Waals surface area contributed by atoms with Gasteiger partial charge in [0, 0.05) is 12.6 Å². The van der Waals surface area contributed by atoms with Crippen LogP contribution in [0.3, 0.4) is 0 Å². The Morgan fingerprint density at radius 2 is 1.90 bits per heavy atom. The van der Waals surface area contributed by atoms with E-state index in [4.69, 9.17) is 4.74 Å². The average molecular weight is 429 g/mol. The number of nitrogens with zero attached hydrogens (tertiary/aromatic N) is 1. The maximum Gasteiger partial charge on any atom is 0.264 e. The zero-order valence-electron chi connectivity index (χ0n) is 17.2. The molecule has 1 N–H and O–H groups in total. The van der Waals surface area contributed by atoms with Crippen molar-refractivity contribution in [1.82, 2.24) is 5.32 Å². The molecule has 3 rings (SSSR count). The van der Waals surface area contributed by atoms with Crippen LogP contribution in [0.25, 0.3) is 0 Å². The number of anilines is 1. The molecule has 0 bridgehead atoms. The van der Waals surface area contributed by atoms with Gasteiger partial charge in [-0.3, -0.25) is 9.10 Å². The molecule has 0 fully saturated rings. The Morgan fingerprint density at radius 3 is 2.60 bits per heavy atom. The van der Waals surface area contributed by atoms with E-state index in [1.165, 1.54) is 37.7 Å². The standard InChI is InChI=1S/C23H28N2O4S/c1-29-21-12-8-11-20(17-21)25(30(27,28)22-13-6-3-7-14-22)18-23(26)24-16-15-19-9-4-2-5-10-19/h3,6-9,11-14,17H,2,4-5,10,15-16,18H2,1H3,(H,24,26). The lowest BCUT2D eigenvalue weighted by Gasteiger charge is -2.24. The topological polar surface area (TPSA) is 75.7 Å². The zero-order valence-corrected chi connectivity index (χ0v) is 18.0. The first kappa shape index (κ1) is 21.9. The number of nitrogens with one attached hydrogen (secondary N) is 1. The monoisotopic (exact) mass is 428 g/mol. The predicted octanol–water partition coefficient (Wildman–Crippen LogP) is 3.90. The first-order chi connectivity index (χ1) is 14.5. The Kier molecular flexibility index (Phi) is 7.52. The van der Waals surface area contributed by atoms with Crippen LogP contribution in [-0.2, 0) is 14.8 Å². The number of ether oxygens (including phenoxy) is 1. The number of carbonyl (C=O) groups is 1. The van der Waals surface area contributed by atoms with Gasteiger partial charge in [0.1, 0.15) is 12.3 Å². The van der Waals surface area contributed by atoms with Crippen molar-refractivity contribution in [2.45, 2.75) is 37.0 Å². The van der Waals surface area contributed by atoms with E-state index in [0.717, 1.165) is 23.6 Å². The van der Waals surface area contributed by atoms with Crippen LogP contribution in [0.15, 0.2) is 71.1 Å². The van der Waals surface area contributed by atoms with E-state index < -0.39 is 10.0 Å². The van der Waals surface area contributed by atoms with Crippen LogP contribution in [0.5, 0.6) is 5.75 Å². The Labute approximate surface area is 178 Å². The Hall–Kier alpha value is -2.80. The highest BCUT2D eigenvalue weighted by atomic mass is 32.2. The minimum absolute atomic E-state index is 0.132. The minimum Gasteiger partial charge on any atom is -0.497 e. The van der Waals surface area contributed by atoms with Crippen molar-refractivity contribution in [3.05, 3.63) is 66.2 Å². The number of carbonyl (C=O) groups excluding carboxylic acids is 1. The Morgan fingerprint density at radius 1 is 1.10 bits per heavy atom. The van der Waals surface area contributed by atoms with Crippen LogP contribution in [0.4, 0.5) is 5.69 Å². The van der Waals surface area contributed by atoms with Gasteiger partial charge in [-0.15, -0.1) is 0 Å². The molecule has 0 aliphatic heterocycles. The molecule has 0 saturated carbocycles. The van der Waals surface area contributed by atoms with Gasteiger partial charge < -0.3 is 10.1 Å². The lowest BCUT2D eigenvalue weighted by molar-refractivity contribution is -0.119. The highest BCUT2D eigenvalue weighted by Crippen LogP contribution is 2.27. The van der Waals surface area contributed by atoms with Crippen molar-refractivity contribution in [3.8, 4) is 5.75 Å². The first-order valence-corrected chi connectivity index (χ1v) is 11.6. The quantitative estimate of drug-likeness (QED) is 0.615. The van der Waals surface area contributed by atoms with Gasteiger partial charge in [0.2, 0.25) is 5.91 Å². The van der Waals surface area contributed by atoms with E-state index in [0.29, 0.717) is 18.0 Å². The summed E-state index contributed by atoms with van der Waals surface area (Å²) in [6, 6.07) is 14.8. The molecule has 30 heavy (non-hydrogen) atoms. The van der Waals surface area contributed by atoms with Gasteiger partial charge in [-0.2, -0.15) is 0 Å². The molecule has 0 atom stereocenters. The predicted molar refractivity (Wildman–Crippen MR) is 118 cm³/mol. The molecule has 2 aromatic carbocycles. The smallest absolute Gasteiger partial charge is 0.264 e. The first-order valence-electron chi connectivity index (χ1n) is 10.2. The molecule has 1 amide bonds. The van der Waals surface area contributed by atoms with E-state index in [-0.39, 0.29) is 17.3 Å². The van der Waals surface area contributed by atoms with Crippen molar-refractivity contribution >= 4 is 21.6 Å². The number of hydrogen-bond donors (Lipinski definition) is 1. The molecule has 0 unspecified atom stereocenters. The van der Waals surface area contributed by atoms with Crippen molar-refractivity contribution in [2.75, 3.05) is 24.5 Å². The number of rotatable bonds is 9. The number of allylic oxidation sites excluding steroid dienone is 1. The number of benzene rings is 2. The fraction of sp³-hybridized carbons (Fsp3) is 0.348. The Balaban J connectivity index is 1.77. The van der Waals surface area contributed by atoms with Crippen molar-refractivity contribution < 1.29 is 17.9 Å². The van der Waals surface area contributed by atoms with Gasteiger partial charge in [-0.05, 0) is 56.4 Å². The van der Waals surface area contributed by atoms with Gasteiger partial charge in [0.15, 0.2) is 0 Å². The number of methoxy groups -OCH3 is 1. The summed E-state index contributed by atoms with van der Waals surface area (Å²) in [5.74, 6) is 0.180. The third-order valence-electron chi connectivity index (χ3n) is 5.11. The normalized spacial score (nSPS) is 14.0. The van der Waals surface area contributed by atoms with E-state index in [1.54, 1.807) is 42.5 Å². The molecule has 0 saturated heterocycles. The molecule has 0 aromatic heterocycles. The molecule has 0 spiro atoms. The molecule has 0 heterocycles. The van der Waals surface area contributed by atoms with Gasteiger partial charge in [-0.25, -0.2) is 8.42 Å². The fourth-order valence-electron chi connectivity index (χ4n) is 3.48. The van der Waals surface area contributed by atoms with Gasteiger partial charge in [-0.1, -0.05) is 35.9 Å². The lowest BCUT2D eigenvalue weighted by Crippen LogP contribution is -2.41. The molecule has 160 valence electrons. The maximum absolute atomic E-state index is 13.3. The lowest BCUT2D eigenvalue weighted by atomic mass is 9.97. The van der Waals surface area contributed by atoms with Gasteiger partial charge in [0.05, 0.1) is 17.7 Å². The van der Waals surface area contributed by atoms with Crippen LogP contribution >= 0.6 is 0 Å². The summed E-state index contributed by atoms with van der Waals surface area (Å²) in [5, 5.41) is 2.87. The summed E-state index contributed by atoms with van der Waals surface area (Å²) < 4.78 is 32.9. The van der Waals surface area contributed by atoms with Crippen LogP contribution in [-0.4, -0.2) is 34.5 Å². The van der Waals surface area contributed by atoms with Crippen molar-refractivity contribution in [3.63, 3.8) is 0 Å². The van der Waals surface area contributed by atoms with Crippen LogP contribution in [0, 0.1) is 0 Å². The SMILES string of the molecule is COc1cccc(N(CC(=O)NCCC2=CCCCC2)S(=O)(=O)c2ccccc2)c1. The van der Waals surface area contributed by atoms with E-state index in [9.17, 15) is 13.2 Å². The minimum atomic E-state index is -3.91. The Bertz CT molecular complexity index is 987. The largest absolute Gasteiger partial charge is 0.497 e. The summed E-state index contributed by atoms with van der Waals surface area (Å²) >= 11 is 0. The van der Waals surface area contributed by atoms with Crippen LogP contribution < -0.4 is 14.4 Å². The maximum atomic E-state index is 13.3. The highest BCUT2D eigenvalue weighted by Gasteiger charge is 2.27. The van der Waals surface area contributed by atoms with Crippen molar-refractivity contribution in [2.24, 2.45) is 0 Å². The molecular weight excluding hydrogens is 400 g/mol. The number of sulfonamides is 1. The highest BCUT2D eigenvalue weighted by molar-refractivity contribution is 7.92. The third kappa shape index (κ3) is 5.63. The summed E-state index contributed by atoms with van der Waals surface area (Å²) in [6.07, 6.45) is 7.65. The zero-order chi connectivity index (χ0) is 21.4. The summed E-state index contributed by atoms with van der Waals surface area (Å²) in [4.78, 5) is 12.8. The van der Waals surface area contributed by atoms with Gasteiger partial charge >= 0.3 is 0 Å². The summed E-state index contributed by atoms with van der Waals surface area (Å²) in [5.41, 5.74) is 1.74. The molecule has 2 aromatic rings. The van der Waals surface area contributed by atoms with Crippen molar-refractivity contribution in [1.29, 1.82) is 0 Å². The van der Waals surface area contributed by atoms with E-state index >= 15 is 0 Å². The van der Waals surface area contributed by atoms with Crippen LogP contribution in [0.1, 0.15) is 32.1 Å². The molecular formula is C23H28N2O4S. The third-order valence-corrected chi connectivity index (χ3v) is 6.90. The summed E-state index contributed by atoms with van der Waals surface area (Å²) in [6.45, 7) is 0.200.